The summed E-state index contributed by atoms with van der Waals surface area (Å²) in [5, 5.41) is 5.32. The van der Waals surface area contributed by atoms with Gasteiger partial charge in [-0.05, 0) is 25.7 Å². The predicted octanol–water partition coefficient (Wildman–Crippen LogP) is 6.33. The molecule has 0 unspecified atom stereocenters. The van der Waals surface area contributed by atoms with Crippen LogP contribution in [0.4, 0.5) is 0 Å². The van der Waals surface area contributed by atoms with Crippen LogP contribution >= 0.6 is 0 Å². The van der Waals surface area contributed by atoms with E-state index < -0.39 is 0 Å². The van der Waals surface area contributed by atoms with Crippen LogP contribution < -0.4 is 0 Å². The molecule has 0 aromatic heterocycles. The van der Waals surface area contributed by atoms with Crippen molar-refractivity contribution in [1.29, 1.82) is 0 Å². The summed E-state index contributed by atoms with van der Waals surface area (Å²) in [7, 11) is 0. The number of hydrogen-bond acceptors (Lipinski definition) is 2. The molecule has 0 aliphatic carbocycles. The van der Waals surface area contributed by atoms with Gasteiger partial charge >= 0.3 is 23.1 Å². The maximum absolute atomic E-state index is 4.94. The number of fused-ring (bicyclic) bond motifs is 2. The Labute approximate surface area is 190 Å². The first-order valence-corrected chi connectivity index (χ1v) is 10.3. The molecule has 2 aliphatic heterocycles. The van der Waals surface area contributed by atoms with Crippen LogP contribution in [0, 0.1) is 0 Å². The van der Waals surface area contributed by atoms with E-state index in [1.54, 1.807) is 0 Å². The maximum Gasteiger partial charge on any atom is 2.00 e. The fraction of sp³-hybridized carbons (Fsp3) is 0.308. The smallest absolute Gasteiger partial charge is 0.381 e. The summed E-state index contributed by atoms with van der Waals surface area (Å²) in [5.74, 6) is 0. The van der Waals surface area contributed by atoms with Gasteiger partial charge in [0.05, 0.1) is 0 Å². The average molecular weight is 399 g/mol. The third-order valence-electron chi connectivity index (χ3n) is 4.75. The summed E-state index contributed by atoms with van der Waals surface area (Å²) in [6.45, 7) is 4.00. The molecule has 0 saturated carbocycles. The molecule has 2 aliphatic rings. The molecule has 0 bridgehead atoms. The molecule has 0 spiro atoms. The molecule has 3 heteroatoms. The molecule has 4 aromatic carbocycles. The second-order valence-corrected chi connectivity index (χ2v) is 6.95. The Hall–Kier alpha value is -1.65. The minimum Gasteiger partial charge on any atom is -0.381 e. The van der Waals surface area contributed by atoms with Crippen LogP contribution in [0.5, 0.6) is 0 Å². The number of benzene rings is 2. The van der Waals surface area contributed by atoms with Crippen LogP contribution in [0.25, 0.3) is 21.5 Å². The standard InChI is InChI=1S/2C9H7.2C4H8O.Mg/c2*1-2-5-9-7-3-6-8(9)4-1;2*1-2-4-5-3-1;/h2*1-7H;2*1-4H2;/q2*-1;;;+2. The third kappa shape index (κ3) is 8.71. The van der Waals surface area contributed by atoms with Crippen LogP contribution in [0.2, 0.25) is 0 Å². The van der Waals surface area contributed by atoms with Gasteiger partial charge in [-0.1, -0.05) is 10.8 Å². The number of ether oxygens (including phenoxy) is 2. The quantitative estimate of drug-likeness (QED) is 0.254. The molecule has 2 heterocycles. The van der Waals surface area contributed by atoms with Crippen molar-refractivity contribution in [3.05, 3.63) is 84.9 Å². The minimum absolute atomic E-state index is 0. The van der Waals surface area contributed by atoms with Gasteiger partial charge < -0.3 is 9.47 Å². The van der Waals surface area contributed by atoms with Crippen molar-refractivity contribution in [2.45, 2.75) is 25.7 Å². The van der Waals surface area contributed by atoms with Gasteiger partial charge in [-0.25, -0.2) is 0 Å². The van der Waals surface area contributed by atoms with Gasteiger partial charge in [0.15, 0.2) is 0 Å². The zero-order valence-electron chi connectivity index (χ0n) is 17.3. The summed E-state index contributed by atoms with van der Waals surface area (Å²) in [5.41, 5.74) is 0. The predicted molar refractivity (Wildman–Crippen MR) is 125 cm³/mol. The Balaban J connectivity index is 0.000000142. The van der Waals surface area contributed by atoms with E-state index in [1.165, 1.54) is 47.2 Å². The summed E-state index contributed by atoms with van der Waals surface area (Å²) in [6, 6.07) is 29.3. The molecule has 0 amide bonds. The van der Waals surface area contributed by atoms with E-state index in [9.17, 15) is 0 Å². The van der Waals surface area contributed by atoms with E-state index in [0.717, 1.165) is 26.4 Å². The van der Waals surface area contributed by atoms with Crippen molar-refractivity contribution >= 4 is 44.6 Å². The first-order valence-electron chi connectivity index (χ1n) is 10.3. The monoisotopic (exact) mass is 398 g/mol. The van der Waals surface area contributed by atoms with E-state index in [-0.39, 0.29) is 23.1 Å². The second kappa shape index (κ2) is 14.3. The first-order chi connectivity index (χ1) is 13.9. The zero-order chi connectivity index (χ0) is 19.3. The SMILES string of the molecule is C1CCOC1.C1CCOC1.[Mg+2].c1cc[c-]2cccc2c1.c1cc[c-]2cccc2c1. The van der Waals surface area contributed by atoms with Crippen molar-refractivity contribution in [1.82, 2.24) is 0 Å². The van der Waals surface area contributed by atoms with Gasteiger partial charge in [0, 0.05) is 26.4 Å². The second-order valence-electron chi connectivity index (χ2n) is 6.95. The fourth-order valence-corrected chi connectivity index (χ4v) is 3.16. The van der Waals surface area contributed by atoms with Crippen molar-refractivity contribution < 1.29 is 9.47 Å². The molecule has 29 heavy (non-hydrogen) atoms. The minimum atomic E-state index is 0. The molecule has 6 rings (SSSR count). The summed E-state index contributed by atoms with van der Waals surface area (Å²) in [6.07, 6.45) is 5.11. The van der Waals surface area contributed by atoms with Crippen LogP contribution in [0.15, 0.2) is 84.9 Å². The van der Waals surface area contributed by atoms with E-state index in [4.69, 9.17) is 9.47 Å². The van der Waals surface area contributed by atoms with Gasteiger partial charge in [-0.2, -0.15) is 24.3 Å². The van der Waals surface area contributed by atoms with E-state index in [0.29, 0.717) is 0 Å². The largest absolute Gasteiger partial charge is 2.00 e. The van der Waals surface area contributed by atoms with Crippen LogP contribution in [-0.4, -0.2) is 49.5 Å². The molecule has 148 valence electrons. The summed E-state index contributed by atoms with van der Waals surface area (Å²) >= 11 is 0. The molecule has 0 radical (unpaired) electrons. The first kappa shape index (κ1) is 23.6. The molecule has 0 N–H and O–H groups in total. The topological polar surface area (TPSA) is 18.5 Å². The van der Waals surface area contributed by atoms with Gasteiger partial charge in [0.25, 0.3) is 0 Å². The van der Waals surface area contributed by atoms with Crippen molar-refractivity contribution in [3.63, 3.8) is 0 Å². The molecule has 4 aromatic rings. The molecule has 2 nitrogen and oxygen atoms in total. The Morgan fingerprint density at radius 1 is 0.483 bits per heavy atom. The molecular weight excluding hydrogens is 369 g/mol. The van der Waals surface area contributed by atoms with Crippen molar-refractivity contribution in [2.75, 3.05) is 26.4 Å². The van der Waals surface area contributed by atoms with Crippen LogP contribution in [0.1, 0.15) is 25.7 Å². The Morgan fingerprint density at radius 3 is 1.14 bits per heavy atom. The van der Waals surface area contributed by atoms with Crippen LogP contribution in [0.3, 0.4) is 0 Å². The Morgan fingerprint density at radius 2 is 0.828 bits per heavy atom. The normalized spacial score (nSPS) is 14.6. The fourth-order valence-electron chi connectivity index (χ4n) is 3.16. The Kier molecular flexibility index (Phi) is 11.7. The van der Waals surface area contributed by atoms with Gasteiger partial charge in [0.1, 0.15) is 0 Å². The summed E-state index contributed by atoms with van der Waals surface area (Å²) < 4.78 is 9.89. The van der Waals surface area contributed by atoms with Crippen molar-refractivity contribution in [2.24, 2.45) is 0 Å². The zero-order valence-corrected chi connectivity index (χ0v) is 18.7. The van der Waals surface area contributed by atoms with Gasteiger partial charge in [-0.3, -0.25) is 0 Å². The van der Waals surface area contributed by atoms with E-state index in [1.807, 2.05) is 0 Å². The molecule has 2 fully saturated rings. The molecule has 2 saturated heterocycles. The Bertz CT molecular complexity index is 749. The van der Waals surface area contributed by atoms with Crippen LogP contribution in [-0.2, 0) is 9.47 Å². The number of rotatable bonds is 0. The maximum atomic E-state index is 4.94. The average Bonchev–Trinajstić information content (AvgIpc) is 3.56. The van der Waals surface area contributed by atoms with Gasteiger partial charge in [0.2, 0.25) is 0 Å². The molecular formula is C26H30MgO2. The molecule has 0 atom stereocenters. The van der Waals surface area contributed by atoms with Crippen molar-refractivity contribution in [3.8, 4) is 0 Å². The van der Waals surface area contributed by atoms with E-state index >= 15 is 0 Å². The van der Waals surface area contributed by atoms with E-state index in [2.05, 4.69) is 84.9 Å². The summed E-state index contributed by atoms with van der Waals surface area (Å²) in [4.78, 5) is 0. The third-order valence-corrected chi connectivity index (χ3v) is 4.75. The number of hydrogen-bond donors (Lipinski definition) is 0. The van der Waals surface area contributed by atoms with Gasteiger partial charge in [-0.15, -0.1) is 71.4 Å².